The number of nitrogens with zero attached hydrogens (tertiary/aromatic N) is 1. The third kappa shape index (κ3) is 4.06. The number of H-pyrrole nitrogens is 1. The summed E-state index contributed by atoms with van der Waals surface area (Å²) in [6, 6.07) is -1.00. The highest BCUT2D eigenvalue weighted by Gasteiger charge is 2.59. The van der Waals surface area contributed by atoms with Crippen molar-refractivity contribution in [1.82, 2.24) is 9.55 Å². The molecular weight excluding hydrogens is 389 g/mol. The molecule has 27 heavy (non-hydrogen) atoms. The fraction of sp³-hybridized carbons (Fsp3) is 0.667. The molecule has 0 amide bonds. The Morgan fingerprint density at radius 1 is 1.59 bits per heavy atom. The van der Waals surface area contributed by atoms with Crippen LogP contribution in [0.5, 0.6) is 0 Å². The van der Waals surface area contributed by atoms with Crippen molar-refractivity contribution in [3.63, 3.8) is 0 Å². The first-order chi connectivity index (χ1) is 12.5. The summed E-state index contributed by atoms with van der Waals surface area (Å²) in [5, 5.41) is 19.4. The average molecular weight is 410 g/mol. The normalized spacial score (nSPS) is 29.1. The molecule has 1 aromatic rings. The fourth-order valence-corrected chi connectivity index (χ4v) is 2.76. The lowest BCUT2D eigenvalue weighted by Crippen LogP contribution is -2.49. The van der Waals surface area contributed by atoms with Gasteiger partial charge in [-0.1, -0.05) is 25.4 Å². The molecule has 1 aliphatic rings. The maximum atomic E-state index is 15.1. The quantitative estimate of drug-likeness (QED) is 0.427. The van der Waals surface area contributed by atoms with E-state index in [9.17, 15) is 24.6 Å². The second-order valence-corrected chi connectivity index (χ2v) is 7.10. The standard InChI is InChI=1S/C15H21ClFN3O7/c1-7(2)10(18)12(24)26-6-15(17)9(22)3-14(5-21,27-15)20-4-8(16)11(23)19-13(20)25/h4,7,9-10,21-22H,3,5-6,18H2,1-2H3,(H,19,23,25)/t9-,10-,14-,15+/m0/s1. The predicted molar refractivity (Wildman–Crippen MR) is 90.7 cm³/mol. The minimum Gasteiger partial charge on any atom is -0.458 e. The first kappa shape index (κ1) is 21.5. The molecule has 1 saturated heterocycles. The molecule has 1 fully saturated rings. The molecule has 0 unspecified atom stereocenters. The molecule has 0 spiro atoms. The lowest BCUT2D eigenvalue weighted by molar-refractivity contribution is -0.255. The Hall–Kier alpha value is -1.79. The van der Waals surface area contributed by atoms with Gasteiger partial charge in [0.2, 0.25) is 0 Å². The Balaban J connectivity index is 2.29. The van der Waals surface area contributed by atoms with Crippen LogP contribution in [0.2, 0.25) is 5.02 Å². The maximum absolute atomic E-state index is 15.1. The molecule has 0 aromatic carbocycles. The van der Waals surface area contributed by atoms with Crippen molar-refractivity contribution < 1.29 is 28.9 Å². The zero-order valence-electron chi connectivity index (χ0n) is 14.6. The van der Waals surface area contributed by atoms with Gasteiger partial charge in [0.15, 0.2) is 12.3 Å². The Labute approximate surface area is 157 Å². The summed E-state index contributed by atoms with van der Waals surface area (Å²) >= 11 is 5.68. The Kier molecular flexibility index (Phi) is 6.12. The molecule has 0 radical (unpaired) electrons. The largest absolute Gasteiger partial charge is 0.458 e. The third-order valence-corrected chi connectivity index (χ3v) is 4.63. The molecule has 0 saturated carbocycles. The highest BCUT2D eigenvalue weighted by Crippen LogP contribution is 2.42. The van der Waals surface area contributed by atoms with E-state index in [1.54, 1.807) is 13.8 Å². The number of carbonyl (C=O) groups is 1. The SMILES string of the molecule is CC(C)[C@H](N)C(=O)OC[C@@]1(F)O[C@@](CO)(n2cc(Cl)c(=O)[nH]c2=O)C[C@@H]1O. The predicted octanol–water partition coefficient (Wildman–Crippen LogP) is -1.19. The van der Waals surface area contributed by atoms with Crippen molar-refractivity contribution in [1.29, 1.82) is 0 Å². The molecule has 152 valence electrons. The first-order valence-corrected chi connectivity index (χ1v) is 8.46. The van der Waals surface area contributed by atoms with Gasteiger partial charge in [-0.25, -0.2) is 9.18 Å². The number of aromatic amines is 1. The zero-order valence-corrected chi connectivity index (χ0v) is 15.4. The van der Waals surface area contributed by atoms with Crippen molar-refractivity contribution >= 4 is 17.6 Å². The number of ether oxygens (including phenoxy) is 2. The number of hydrogen-bond acceptors (Lipinski definition) is 8. The summed E-state index contributed by atoms with van der Waals surface area (Å²) in [5.74, 6) is -4.08. The second-order valence-electron chi connectivity index (χ2n) is 6.70. The number of halogens is 2. The van der Waals surface area contributed by atoms with E-state index < -0.39 is 65.6 Å². The molecule has 0 aliphatic carbocycles. The van der Waals surface area contributed by atoms with E-state index in [2.05, 4.69) is 0 Å². The minimum absolute atomic E-state index is 0.263. The Morgan fingerprint density at radius 2 is 2.22 bits per heavy atom. The lowest BCUT2D eigenvalue weighted by atomic mass is 10.1. The Morgan fingerprint density at radius 3 is 2.78 bits per heavy atom. The Bertz CT molecular complexity index is 828. The summed E-state index contributed by atoms with van der Waals surface area (Å²) in [4.78, 5) is 37.1. The van der Waals surface area contributed by atoms with Crippen LogP contribution in [0.1, 0.15) is 20.3 Å². The monoisotopic (exact) mass is 409 g/mol. The zero-order chi connectivity index (χ0) is 20.6. The highest BCUT2D eigenvalue weighted by molar-refractivity contribution is 6.30. The van der Waals surface area contributed by atoms with E-state index in [-0.39, 0.29) is 5.92 Å². The molecular formula is C15H21ClFN3O7. The van der Waals surface area contributed by atoms with Gasteiger partial charge >= 0.3 is 11.7 Å². The van der Waals surface area contributed by atoms with Gasteiger partial charge in [-0.2, -0.15) is 0 Å². The van der Waals surface area contributed by atoms with Crippen molar-refractivity contribution in [2.24, 2.45) is 11.7 Å². The van der Waals surface area contributed by atoms with E-state index in [0.29, 0.717) is 4.57 Å². The first-order valence-electron chi connectivity index (χ1n) is 8.08. The van der Waals surface area contributed by atoms with Crippen molar-refractivity contribution in [3.8, 4) is 0 Å². The molecule has 1 aliphatic heterocycles. The summed E-state index contributed by atoms with van der Waals surface area (Å²) in [5.41, 5.74) is 1.63. The van der Waals surface area contributed by atoms with Gasteiger partial charge in [0, 0.05) is 12.6 Å². The van der Waals surface area contributed by atoms with Crippen LogP contribution in [0.3, 0.4) is 0 Å². The summed E-state index contributed by atoms with van der Waals surface area (Å²) in [6.07, 6.45) is -1.57. The number of esters is 1. The van der Waals surface area contributed by atoms with E-state index in [1.165, 1.54) is 0 Å². The van der Waals surface area contributed by atoms with Crippen LogP contribution in [0, 0.1) is 5.92 Å². The summed E-state index contributed by atoms with van der Waals surface area (Å²) in [7, 11) is 0. The molecule has 2 heterocycles. The summed E-state index contributed by atoms with van der Waals surface area (Å²) < 4.78 is 25.7. The van der Waals surface area contributed by atoms with Gasteiger partial charge in [0.05, 0.1) is 6.61 Å². The van der Waals surface area contributed by atoms with E-state index in [4.69, 9.17) is 26.8 Å². The van der Waals surface area contributed by atoms with Gasteiger partial charge in [0.1, 0.15) is 17.2 Å². The molecule has 10 nitrogen and oxygen atoms in total. The number of hydrogen-bond donors (Lipinski definition) is 4. The molecule has 12 heteroatoms. The number of aliphatic hydroxyl groups excluding tert-OH is 2. The summed E-state index contributed by atoms with van der Waals surface area (Å²) in [6.45, 7) is 1.39. The topological polar surface area (TPSA) is 157 Å². The van der Waals surface area contributed by atoms with Gasteiger partial charge in [-0.15, -0.1) is 0 Å². The van der Waals surface area contributed by atoms with Crippen LogP contribution < -0.4 is 17.0 Å². The fourth-order valence-electron chi connectivity index (χ4n) is 2.61. The lowest BCUT2D eigenvalue weighted by Gasteiger charge is -2.30. The van der Waals surface area contributed by atoms with Crippen LogP contribution in [0.15, 0.2) is 15.8 Å². The number of nitrogens with one attached hydrogen (secondary N) is 1. The average Bonchev–Trinajstić information content (AvgIpc) is 2.87. The van der Waals surface area contributed by atoms with Gasteiger partial charge < -0.3 is 25.4 Å². The van der Waals surface area contributed by atoms with E-state index >= 15 is 4.39 Å². The maximum Gasteiger partial charge on any atom is 0.330 e. The van der Waals surface area contributed by atoms with Crippen LogP contribution >= 0.6 is 11.6 Å². The number of carbonyl (C=O) groups excluding carboxylic acids is 1. The third-order valence-electron chi connectivity index (χ3n) is 4.36. The van der Waals surface area contributed by atoms with Crippen molar-refractivity contribution in [2.75, 3.05) is 13.2 Å². The van der Waals surface area contributed by atoms with Crippen LogP contribution in [-0.2, 0) is 20.0 Å². The number of rotatable bonds is 6. The van der Waals surface area contributed by atoms with Gasteiger partial charge in [0.25, 0.3) is 11.4 Å². The van der Waals surface area contributed by atoms with Gasteiger partial charge in [-0.3, -0.25) is 19.1 Å². The highest BCUT2D eigenvalue weighted by atomic mass is 35.5. The van der Waals surface area contributed by atoms with Crippen molar-refractivity contribution in [2.45, 2.75) is 44.0 Å². The van der Waals surface area contributed by atoms with E-state index in [1.807, 2.05) is 4.98 Å². The molecule has 1 aromatic heterocycles. The number of aromatic nitrogens is 2. The smallest absolute Gasteiger partial charge is 0.330 e. The van der Waals surface area contributed by atoms with Crippen LogP contribution in [-0.4, -0.2) is 56.9 Å². The molecule has 2 rings (SSSR count). The second kappa shape index (κ2) is 7.68. The molecule has 0 bridgehead atoms. The van der Waals surface area contributed by atoms with Crippen LogP contribution in [0.4, 0.5) is 4.39 Å². The van der Waals surface area contributed by atoms with Crippen molar-refractivity contribution in [3.05, 3.63) is 32.1 Å². The van der Waals surface area contributed by atoms with Gasteiger partial charge in [-0.05, 0) is 5.92 Å². The number of aliphatic hydroxyl groups is 2. The molecule has 5 N–H and O–H groups in total. The number of alkyl halides is 1. The van der Waals surface area contributed by atoms with Crippen LogP contribution in [0.25, 0.3) is 0 Å². The molecule has 4 atom stereocenters. The van der Waals surface area contributed by atoms with E-state index in [0.717, 1.165) is 6.20 Å². The number of nitrogens with two attached hydrogens (primary N) is 1. The minimum atomic E-state index is -2.92.